The monoisotopic (exact) mass is 302 g/mol. The molecule has 2 aliphatic carbocycles. The van der Waals surface area contributed by atoms with Gasteiger partial charge in [0.25, 0.3) is 0 Å². The molecule has 0 saturated heterocycles. The van der Waals surface area contributed by atoms with Crippen molar-refractivity contribution in [2.45, 2.75) is 25.7 Å². The number of aliphatic hydroxyl groups excluding tert-OH is 2. The molecule has 0 atom stereocenters. The number of hydrogen-bond acceptors (Lipinski definition) is 3. The fourth-order valence-corrected chi connectivity index (χ4v) is 2.50. The van der Waals surface area contributed by atoms with Gasteiger partial charge in [-0.2, -0.15) is 0 Å². The molecule has 2 aliphatic rings. The maximum absolute atomic E-state index is 11.9. The molecule has 0 unspecified atom stereocenters. The Kier molecular flexibility index (Phi) is 5.04. The van der Waals surface area contributed by atoms with Crippen molar-refractivity contribution in [3.05, 3.63) is 83.1 Å². The standard InChI is InChI=1S/C18H19FO3/c1-12(3-4-13(2)22-19)17-10-7-15(11-18(17)21)14-5-8-16(20)9-6-14/h3-5,8,11,20-21H,1-2,6-7,9-10H2/b4-3-. The summed E-state index contributed by atoms with van der Waals surface area (Å²) in [6.45, 7) is 7.21. The molecule has 0 aromatic heterocycles. The van der Waals surface area contributed by atoms with E-state index in [1.807, 2.05) is 6.08 Å². The van der Waals surface area contributed by atoms with Crippen molar-refractivity contribution < 1.29 is 19.7 Å². The van der Waals surface area contributed by atoms with Crippen molar-refractivity contribution in [3.8, 4) is 0 Å². The molecule has 0 saturated carbocycles. The fourth-order valence-electron chi connectivity index (χ4n) is 2.50. The van der Waals surface area contributed by atoms with Crippen LogP contribution in [0.1, 0.15) is 25.7 Å². The number of halogens is 1. The van der Waals surface area contributed by atoms with Crippen LogP contribution in [0.2, 0.25) is 0 Å². The average molecular weight is 302 g/mol. The SMILES string of the molecule is C=C(/C=C\C(=C)C1=C(O)C=C(C2=CC=C(O)CC2)CC1)OF. The first kappa shape index (κ1) is 15.9. The quantitative estimate of drug-likeness (QED) is 0.541. The van der Waals surface area contributed by atoms with E-state index in [4.69, 9.17) is 0 Å². The van der Waals surface area contributed by atoms with Crippen LogP contribution in [0.25, 0.3) is 0 Å². The van der Waals surface area contributed by atoms with Gasteiger partial charge in [0, 0.05) is 16.5 Å². The summed E-state index contributed by atoms with van der Waals surface area (Å²) in [5.41, 5.74) is 3.52. The fraction of sp³-hybridized carbons (Fsp3) is 0.222. The lowest BCUT2D eigenvalue weighted by atomic mass is 9.86. The second-order valence-electron chi connectivity index (χ2n) is 5.29. The second kappa shape index (κ2) is 6.98. The third-order valence-corrected chi connectivity index (χ3v) is 3.76. The summed E-state index contributed by atoms with van der Waals surface area (Å²) in [5.74, 6) is 0.434. The Bertz CT molecular complexity index is 645. The lowest BCUT2D eigenvalue weighted by molar-refractivity contribution is -0.0758. The van der Waals surface area contributed by atoms with Crippen LogP contribution >= 0.6 is 0 Å². The van der Waals surface area contributed by atoms with Crippen LogP contribution in [-0.4, -0.2) is 10.2 Å². The Labute approximate surface area is 129 Å². The largest absolute Gasteiger partial charge is 0.512 e. The summed E-state index contributed by atoms with van der Waals surface area (Å²) >= 11 is 0. The van der Waals surface area contributed by atoms with Crippen LogP contribution < -0.4 is 0 Å². The summed E-state index contributed by atoms with van der Waals surface area (Å²) in [6, 6.07) is 0. The number of rotatable bonds is 5. The van der Waals surface area contributed by atoms with Crippen LogP contribution in [0.3, 0.4) is 0 Å². The highest BCUT2D eigenvalue weighted by atomic mass is 19.3. The molecule has 0 amide bonds. The average Bonchev–Trinajstić information content (AvgIpc) is 2.52. The highest BCUT2D eigenvalue weighted by Gasteiger charge is 2.18. The minimum absolute atomic E-state index is 0.118. The molecule has 0 radical (unpaired) electrons. The number of allylic oxidation sites excluding steroid dienone is 10. The van der Waals surface area contributed by atoms with E-state index in [9.17, 15) is 14.7 Å². The maximum atomic E-state index is 11.9. The Morgan fingerprint density at radius 1 is 1.05 bits per heavy atom. The molecular formula is C18H19FO3. The minimum Gasteiger partial charge on any atom is -0.512 e. The molecule has 3 nitrogen and oxygen atoms in total. The summed E-state index contributed by atoms with van der Waals surface area (Å²) in [6.07, 6.45) is 11.1. The van der Waals surface area contributed by atoms with Crippen molar-refractivity contribution in [1.82, 2.24) is 0 Å². The van der Waals surface area contributed by atoms with Gasteiger partial charge in [-0.25, -0.2) is 0 Å². The maximum Gasteiger partial charge on any atom is 0.164 e. The Hall–Kier alpha value is -2.49. The number of hydrogen-bond donors (Lipinski definition) is 2. The van der Waals surface area contributed by atoms with Gasteiger partial charge in [0.1, 0.15) is 5.76 Å². The summed E-state index contributed by atoms with van der Waals surface area (Å²) in [5, 5.41) is 19.6. The lowest BCUT2D eigenvalue weighted by Gasteiger charge is -2.21. The normalized spacial score (nSPS) is 18.7. The third-order valence-electron chi connectivity index (χ3n) is 3.76. The van der Waals surface area contributed by atoms with Crippen LogP contribution in [-0.2, 0) is 4.94 Å². The van der Waals surface area contributed by atoms with E-state index in [1.165, 1.54) is 6.08 Å². The molecule has 0 fully saturated rings. The molecule has 0 aromatic carbocycles. The van der Waals surface area contributed by atoms with Crippen molar-refractivity contribution in [2.24, 2.45) is 0 Å². The zero-order valence-corrected chi connectivity index (χ0v) is 12.3. The lowest BCUT2D eigenvalue weighted by Crippen LogP contribution is -2.04. The van der Waals surface area contributed by atoms with E-state index in [0.717, 1.165) is 29.6 Å². The Balaban J connectivity index is 2.16. The third kappa shape index (κ3) is 3.79. The molecular weight excluding hydrogens is 283 g/mol. The van der Waals surface area contributed by atoms with E-state index in [1.54, 1.807) is 18.2 Å². The van der Waals surface area contributed by atoms with Gasteiger partial charge >= 0.3 is 0 Å². The van der Waals surface area contributed by atoms with E-state index in [2.05, 4.69) is 18.1 Å². The molecule has 0 spiro atoms. The van der Waals surface area contributed by atoms with Gasteiger partial charge in [0.15, 0.2) is 5.76 Å². The predicted molar refractivity (Wildman–Crippen MR) is 84.6 cm³/mol. The molecule has 2 rings (SSSR count). The predicted octanol–water partition coefficient (Wildman–Crippen LogP) is 5.21. The van der Waals surface area contributed by atoms with Crippen LogP contribution in [0.5, 0.6) is 0 Å². The van der Waals surface area contributed by atoms with E-state index in [0.29, 0.717) is 24.2 Å². The first-order valence-corrected chi connectivity index (χ1v) is 7.08. The van der Waals surface area contributed by atoms with Gasteiger partial charge in [-0.1, -0.05) is 25.3 Å². The van der Waals surface area contributed by atoms with Gasteiger partial charge in [0.05, 0.1) is 5.76 Å². The molecule has 0 bridgehead atoms. The zero-order chi connectivity index (χ0) is 16.1. The van der Waals surface area contributed by atoms with Crippen LogP contribution in [0.4, 0.5) is 4.53 Å². The minimum atomic E-state index is -0.118. The van der Waals surface area contributed by atoms with E-state index < -0.39 is 0 Å². The van der Waals surface area contributed by atoms with Crippen LogP contribution in [0, 0.1) is 0 Å². The summed E-state index contributed by atoms with van der Waals surface area (Å²) in [7, 11) is 0. The zero-order valence-electron chi connectivity index (χ0n) is 12.3. The van der Waals surface area contributed by atoms with Crippen LogP contribution in [0.15, 0.2) is 83.1 Å². The highest BCUT2D eigenvalue weighted by molar-refractivity contribution is 5.50. The first-order chi connectivity index (χ1) is 10.5. The topological polar surface area (TPSA) is 49.7 Å². The Morgan fingerprint density at radius 3 is 2.36 bits per heavy atom. The molecule has 0 heterocycles. The second-order valence-corrected chi connectivity index (χ2v) is 5.29. The van der Waals surface area contributed by atoms with Crippen molar-refractivity contribution in [1.29, 1.82) is 0 Å². The molecule has 4 heteroatoms. The summed E-state index contributed by atoms with van der Waals surface area (Å²) in [4.78, 5) is 3.47. The Morgan fingerprint density at radius 2 is 1.77 bits per heavy atom. The van der Waals surface area contributed by atoms with Gasteiger partial charge in [0.2, 0.25) is 0 Å². The van der Waals surface area contributed by atoms with Crippen molar-refractivity contribution in [3.63, 3.8) is 0 Å². The molecule has 0 aromatic rings. The van der Waals surface area contributed by atoms with E-state index >= 15 is 0 Å². The first-order valence-electron chi connectivity index (χ1n) is 7.08. The van der Waals surface area contributed by atoms with Gasteiger partial charge < -0.3 is 10.2 Å². The molecule has 2 N–H and O–H groups in total. The van der Waals surface area contributed by atoms with Crippen molar-refractivity contribution >= 4 is 0 Å². The molecule has 116 valence electrons. The smallest absolute Gasteiger partial charge is 0.164 e. The molecule has 22 heavy (non-hydrogen) atoms. The van der Waals surface area contributed by atoms with Gasteiger partial charge in [-0.15, -0.1) is 0 Å². The summed E-state index contributed by atoms with van der Waals surface area (Å²) < 4.78 is 11.9. The molecule has 0 aliphatic heterocycles. The highest BCUT2D eigenvalue weighted by Crippen LogP contribution is 2.34. The van der Waals surface area contributed by atoms with Crippen molar-refractivity contribution in [2.75, 3.05) is 0 Å². The van der Waals surface area contributed by atoms with E-state index in [-0.39, 0.29) is 11.5 Å². The van der Waals surface area contributed by atoms with Gasteiger partial charge in [-0.05, 0) is 54.2 Å². The van der Waals surface area contributed by atoms with Gasteiger partial charge in [-0.3, -0.25) is 4.94 Å². The number of aliphatic hydroxyl groups is 2.